The Balaban J connectivity index is 2.00. The standard InChI is InChI=1S/C19H38N2/c1-6-15-10-12-16(13-11-15)21(5)17-9-8-14-19(3,4)18(17)20-7-2/h15-18,20H,6-14H2,1-5H3. The van der Waals surface area contributed by atoms with Crippen molar-refractivity contribution in [3.05, 3.63) is 0 Å². The Morgan fingerprint density at radius 3 is 2.29 bits per heavy atom. The van der Waals surface area contributed by atoms with E-state index in [-0.39, 0.29) is 0 Å². The molecule has 0 radical (unpaired) electrons. The van der Waals surface area contributed by atoms with Crippen LogP contribution in [-0.4, -0.2) is 36.6 Å². The summed E-state index contributed by atoms with van der Waals surface area (Å²) >= 11 is 0. The quantitative estimate of drug-likeness (QED) is 0.806. The van der Waals surface area contributed by atoms with E-state index in [0.29, 0.717) is 11.5 Å². The van der Waals surface area contributed by atoms with Crippen molar-refractivity contribution in [3.8, 4) is 0 Å². The second kappa shape index (κ2) is 7.46. The molecule has 2 nitrogen and oxygen atoms in total. The maximum atomic E-state index is 3.82. The third-order valence-electron chi connectivity index (χ3n) is 6.46. The molecule has 0 heterocycles. The van der Waals surface area contributed by atoms with Crippen molar-refractivity contribution in [3.63, 3.8) is 0 Å². The van der Waals surface area contributed by atoms with E-state index in [1.54, 1.807) is 0 Å². The number of rotatable bonds is 5. The second-order valence-corrected chi connectivity index (χ2v) is 8.23. The number of nitrogens with zero attached hydrogens (tertiary/aromatic N) is 1. The van der Waals surface area contributed by atoms with Crippen LogP contribution in [0.1, 0.15) is 79.1 Å². The van der Waals surface area contributed by atoms with E-state index in [4.69, 9.17) is 0 Å². The third kappa shape index (κ3) is 4.01. The topological polar surface area (TPSA) is 15.3 Å². The summed E-state index contributed by atoms with van der Waals surface area (Å²) in [6, 6.07) is 2.22. The summed E-state index contributed by atoms with van der Waals surface area (Å²) in [5.41, 5.74) is 0.438. The zero-order valence-electron chi connectivity index (χ0n) is 15.1. The lowest BCUT2D eigenvalue weighted by molar-refractivity contribution is 0.0258. The highest BCUT2D eigenvalue weighted by atomic mass is 15.2. The Hall–Kier alpha value is -0.0800. The van der Waals surface area contributed by atoms with Gasteiger partial charge in [0.25, 0.3) is 0 Å². The lowest BCUT2D eigenvalue weighted by Crippen LogP contribution is -2.60. The van der Waals surface area contributed by atoms with Crippen LogP contribution in [0.4, 0.5) is 0 Å². The van der Waals surface area contributed by atoms with Gasteiger partial charge in [-0.15, -0.1) is 0 Å². The minimum absolute atomic E-state index is 0.438. The van der Waals surface area contributed by atoms with E-state index in [2.05, 4.69) is 45.0 Å². The van der Waals surface area contributed by atoms with Crippen LogP contribution in [0.15, 0.2) is 0 Å². The fourth-order valence-corrected chi connectivity index (χ4v) is 4.91. The van der Waals surface area contributed by atoms with Gasteiger partial charge in [-0.25, -0.2) is 0 Å². The summed E-state index contributed by atoms with van der Waals surface area (Å²) in [7, 11) is 2.41. The van der Waals surface area contributed by atoms with Crippen LogP contribution in [0.3, 0.4) is 0 Å². The highest BCUT2D eigenvalue weighted by Gasteiger charge is 2.41. The molecule has 2 heteroatoms. The van der Waals surface area contributed by atoms with Gasteiger partial charge < -0.3 is 5.32 Å². The highest BCUT2D eigenvalue weighted by molar-refractivity contribution is 4.99. The molecular weight excluding hydrogens is 256 g/mol. The molecule has 0 aromatic rings. The van der Waals surface area contributed by atoms with E-state index < -0.39 is 0 Å². The van der Waals surface area contributed by atoms with Crippen LogP contribution in [-0.2, 0) is 0 Å². The van der Waals surface area contributed by atoms with Crippen LogP contribution in [0.5, 0.6) is 0 Å². The fraction of sp³-hybridized carbons (Fsp3) is 1.00. The van der Waals surface area contributed by atoms with E-state index in [1.807, 2.05) is 0 Å². The average molecular weight is 295 g/mol. The summed E-state index contributed by atoms with van der Waals surface area (Å²) < 4.78 is 0. The molecule has 0 amide bonds. The van der Waals surface area contributed by atoms with Gasteiger partial charge >= 0.3 is 0 Å². The number of hydrogen-bond donors (Lipinski definition) is 1. The van der Waals surface area contributed by atoms with Gasteiger partial charge in [-0.05, 0) is 63.5 Å². The lowest BCUT2D eigenvalue weighted by atomic mass is 9.69. The van der Waals surface area contributed by atoms with Gasteiger partial charge in [-0.2, -0.15) is 0 Å². The molecule has 2 aliphatic carbocycles. The normalized spacial score (nSPS) is 36.9. The van der Waals surface area contributed by atoms with Gasteiger partial charge in [0.1, 0.15) is 0 Å². The van der Waals surface area contributed by atoms with Gasteiger partial charge in [0.2, 0.25) is 0 Å². The number of nitrogens with one attached hydrogen (secondary N) is 1. The molecule has 2 saturated carbocycles. The zero-order valence-corrected chi connectivity index (χ0v) is 15.1. The molecule has 2 atom stereocenters. The van der Waals surface area contributed by atoms with Crippen molar-refractivity contribution >= 4 is 0 Å². The summed E-state index contributed by atoms with van der Waals surface area (Å²) in [5, 5.41) is 3.82. The smallest absolute Gasteiger partial charge is 0.0274 e. The fourth-order valence-electron chi connectivity index (χ4n) is 4.91. The molecule has 2 fully saturated rings. The molecule has 21 heavy (non-hydrogen) atoms. The van der Waals surface area contributed by atoms with Crippen LogP contribution in [0.25, 0.3) is 0 Å². The number of likely N-dealkylation sites (N-methyl/N-ethyl adjacent to an activating group) is 2. The monoisotopic (exact) mass is 294 g/mol. The van der Waals surface area contributed by atoms with Crippen molar-refractivity contribution in [2.75, 3.05) is 13.6 Å². The maximum absolute atomic E-state index is 3.82. The van der Waals surface area contributed by atoms with Gasteiger partial charge in [-0.1, -0.05) is 40.5 Å². The first kappa shape index (κ1) is 17.3. The first-order valence-electron chi connectivity index (χ1n) is 9.45. The Kier molecular flexibility index (Phi) is 6.14. The third-order valence-corrected chi connectivity index (χ3v) is 6.46. The molecule has 124 valence electrons. The first-order valence-corrected chi connectivity index (χ1v) is 9.45. The van der Waals surface area contributed by atoms with Crippen molar-refractivity contribution in [2.45, 2.75) is 97.2 Å². The SMILES string of the molecule is CCNC1C(N(C)C2CCC(CC)CC2)CCCC1(C)C. The van der Waals surface area contributed by atoms with Gasteiger partial charge in [0.05, 0.1) is 0 Å². The zero-order chi connectivity index (χ0) is 15.5. The van der Waals surface area contributed by atoms with Crippen LogP contribution < -0.4 is 5.32 Å². The lowest BCUT2D eigenvalue weighted by Gasteiger charge is -2.50. The molecule has 1 N–H and O–H groups in total. The van der Waals surface area contributed by atoms with Crippen LogP contribution in [0, 0.1) is 11.3 Å². The summed E-state index contributed by atoms with van der Waals surface area (Å²) in [6.07, 6.45) is 11.3. The highest BCUT2D eigenvalue weighted by Crippen LogP contribution is 2.39. The predicted octanol–water partition coefficient (Wildman–Crippen LogP) is 4.44. The van der Waals surface area contributed by atoms with Gasteiger partial charge in [-0.3, -0.25) is 4.90 Å². The van der Waals surface area contributed by atoms with E-state index in [9.17, 15) is 0 Å². The van der Waals surface area contributed by atoms with Crippen LogP contribution in [0.2, 0.25) is 0 Å². The minimum atomic E-state index is 0.438. The second-order valence-electron chi connectivity index (χ2n) is 8.23. The molecule has 2 rings (SSSR count). The number of hydrogen-bond acceptors (Lipinski definition) is 2. The molecule has 0 aromatic heterocycles. The molecule has 2 unspecified atom stereocenters. The molecule has 0 aliphatic heterocycles. The Labute approximate surface area is 133 Å². The molecular formula is C19H38N2. The predicted molar refractivity (Wildman–Crippen MR) is 92.7 cm³/mol. The van der Waals surface area contributed by atoms with E-state index in [1.165, 1.54) is 51.4 Å². The molecule has 0 spiro atoms. The van der Waals surface area contributed by atoms with E-state index >= 15 is 0 Å². The largest absolute Gasteiger partial charge is 0.312 e. The summed E-state index contributed by atoms with van der Waals surface area (Å²) in [4.78, 5) is 2.76. The van der Waals surface area contributed by atoms with Gasteiger partial charge in [0, 0.05) is 18.1 Å². The van der Waals surface area contributed by atoms with E-state index in [0.717, 1.165) is 24.5 Å². The molecule has 0 saturated heterocycles. The van der Waals surface area contributed by atoms with Crippen molar-refractivity contribution in [2.24, 2.45) is 11.3 Å². The molecule has 0 bridgehead atoms. The Bertz CT molecular complexity index is 305. The average Bonchev–Trinajstić information content (AvgIpc) is 2.48. The van der Waals surface area contributed by atoms with Crippen molar-refractivity contribution in [1.29, 1.82) is 0 Å². The summed E-state index contributed by atoms with van der Waals surface area (Å²) in [6.45, 7) is 10.7. The Morgan fingerprint density at radius 2 is 1.71 bits per heavy atom. The molecule has 2 aliphatic rings. The van der Waals surface area contributed by atoms with Crippen LogP contribution >= 0.6 is 0 Å². The van der Waals surface area contributed by atoms with Gasteiger partial charge in [0.15, 0.2) is 0 Å². The van der Waals surface area contributed by atoms with Crippen molar-refractivity contribution < 1.29 is 0 Å². The van der Waals surface area contributed by atoms with Crippen molar-refractivity contribution in [1.82, 2.24) is 10.2 Å². The molecule has 0 aromatic carbocycles. The Morgan fingerprint density at radius 1 is 1.05 bits per heavy atom. The minimum Gasteiger partial charge on any atom is -0.312 e. The maximum Gasteiger partial charge on any atom is 0.0274 e. The first-order chi connectivity index (χ1) is 9.99. The summed E-state index contributed by atoms with van der Waals surface area (Å²) in [5.74, 6) is 1.00.